The van der Waals surface area contributed by atoms with E-state index in [1.54, 1.807) is 18.2 Å². The maximum atomic E-state index is 10.9. The number of nitrogens with two attached hydrogens (primary N) is 2. The minimum Gasteiger partial charge on any atom is -0.440 e. The Kier molecular flexibility index (Phi) is 3.75. The van der Waals surface area contributed by atoms with Crippen molar-refractivity contribution in [1.82, 2.24) is 0 Å². The molecule has 7 nitrogen and oxygen atoms in total. The third-order valence-electron chi connectivity index (χ3n) is 3.75. The lowest BCUT2D eigenvalue weighted by Crippen LogP contribution is -2.21. The van der Waals surface area contributed by atoms with Crippen LogP contribution >= 0.6 is 11.6 Å². The lowest BCUT2D eigenvalue weighted by molar-refractivity contribution is -0.384. The molecule has 0 saturated heterocycles. The first-order valence-electron chi connectivity index (χ1n) is 6.83. The van der Waals surface area contributed by atoms with E-state index in [0.29, 0.717) is 22.6 Å². The van der Waals surface area contributed by atoms with Crippen molar-refractivity contribution in [3.63, 3.8) is 0 Å². The molecule has 1 aliphatic heterocycles. The SMILES string of the molecule is N#CC1=C(N)Oc2cc(N)ccc2[C@H]1c1ccc([N+](=O)[O-])cc1Cl. The Morgan fingerprint density at radius 1 is 1.21 bits per heavy atom. The zero-order valence-electron chi connectivity index (χ0n) is 12.2. The normalized spacial score (nSPS) is 16.1. The van der Waals surface area contributed by atoms with E-state index in [4.69, 9.17) is 27.8 Å². The summed E-state index contributed by atoms with van der Waals surface area (Å²) < 4.78 is 5.47. The molecule has 8 heteroatoms. The minimum absolute atomic E-state index is 0.0463. The molecule has 0 spiro atoms. The zero-order chi connectivity index (χ0) is 17.4. The summed E-state index contributed by atoms with van der Waals surface area (Å²) in [6.07, 6.45) is 0. The number of rotatable bonds is 2. The van der Waals surface area contributed by atoms with Gasteiger partial charge in [-0.25, -0.2) is 0 Å². The molecule has 2 aromatic carbocycles. The Morgan fingerprint density at radius 3 is 2.54 bits per heavy atom. The van der Waals surface area contributed by atoms with Crippen LogP contribution in [-0.2, 0) is 0 Å². The van der Waals surface area contributed by atoms with Crippen molar-refractivity contribution >= 4 is 23.0 Å². The van der Waals surface area contributed by atoms with Crippen molar-refractivity contribution in [2.75, 3.05) is 5.73 Å². The molecule has 0 amide bonds. The van der Waals surface area contributed by atoms with Crippen LogP contribution in [0.4, 0.5) is 11.4 Å². The third-order valence-corrected chi connectivity index (χ3v) is 4.08. The molecular formula is C16H11ClN4O3. The second-order valence-electron chi connectivity index (χ2n) is 5.18. The molecule has 24 heavy (non-hydrogen) atoms. The van der Waals surface area contributed by atoms with Crippen molar-refractivity contribution in [1.29, 1.82) is 5.26 Å². The van der Waals surface area contributed by atoms with Gasteiger partial charge in [0.2, 0.25) is 5.88 Å². The standard InChI is InChI=1S/C16H11ClN4O3/c17-13-6-9(21(22)23)2-4-10(13)15-11-3-1-8(19)5-14(11)24-16(20)12(15)7-18/h1-6,15H,19-20H2/t15-/m1/s1. The van der Waals surface area contributed by atoms with E-state index in [1.807, 2.05) is 6.07 Å². The van der Waals surface area contributed by atoms with Crippen molar-refractivity contribution in [2.45, 2.75) is 5.92 Å². The average Bonchev–Trinajstić information content (AvgIpc) is 2.53. The predicted octanol–water partition coefficient (Wildman–Crippen LogP) is 3.05. The van der Waals surface area contributed by atoms with Gasteiger partial charge in [-0.2, -0.15) is 5.26 Å². The highest BCUT2D eigenvalue weighted by molar-refractivity contribution is 6.31. The monoisotopic (exact) mass is 342 g/mol. The quantitative estimate of drug-likeness (QED) is 0.490. The lowest BCUT2D eigenvalue weighted by Gasteiger charge is -2.27. The van der Waals surface area contributed by atoms with Gasteiger partial charge < -0.3 is 16.2 Å². The number of nitro benzene ring substituents is 1. The van der Waals surface area contributed by atoms with Crippen LogP contribution < -0.4 is 16.2 Å². The summed E-state index contributed by atoms with van der Waals surface area (Å²) >= 11 is 6.23. The van der Waals surface area contributed by atoms with E-state index >= 15 is 0 Å². The number of ether oxygens (including phenoxy) is 1. The molecule has 120 valence electrons. The molecular weight excluding hydrogens is 332 g/mol. The highest BCUT2D eigenvalue weighted by Gasteiger charge is 2.32. The van der Waals surface area contributed by atoms with Crippen LogP contribution in [0, 0.1) is 21.4 Å². The first-order valence-corrected chi connectivity index (χ1v) is 7.21. The molecule has 0 radical (unpaired) electrons. The number of fused-ring (bicyclic) bond motifs is 1. The number of nitrogen functional groups attached to an aromatic ring is 1. The molecule has 0 unspecified atom stereocenters. The first kappa shape index (κ1) is 15.6. The zero-order valence-corrected chi connectivity index (χ0v) is 12.9. The Morgan fingerprint density at radius 2 is 1.92 bits per heavy atom. The summed E-state index contributed by atoms with van der Waals surface area (Å²) in [4.78, 5) is 10.3. The Labute approximate surface area is 141 Å². The van der Waals surface area contributed by atoms with Gasteiger partial charge in [0, 0.05) is 29.4 Å². The molecule has 1 atom stereocenters. The molecule has 3 rings (SSSR count). The van der Waals surface area contributed by atoms with Gasteiger partial charge in [-0.15, -0.1) is 0 Å². The van der Waals surface area contributed by atoms with Gasteiger partial charge in [0.05, 0.1) is 15.9 Å². The molecule has 4 N–H and O–H groups in total. The topological polar surface area (TPSA) is 128 Å². The van der Waals surface area contributed by atoms with E-state index in [-0.39, 0.29) is 22.2 Å². The van der Waals surface area contributed by atoms with E-state index in [2.05, 4.69) is 0 Å². The van der Waals surface area contributed by atoms with Crippen LogP contribution in [0.1, 0.15) is 17.0 Å². The third kappa shape index (κ3) is 2.49. The molecule has 2 aromatic rings. The molecule has 0 aromatic heterocycles. The Balaban J connectivity index is 2.22. The summed E-state index contributed by atoms with van der Waals surface area (Å²) in [6, 6.07) is 11.1. The van der Waals surface area contributed by atoms with Crippen LogP contribution in [0.15, 0.2) is 47.9 Å². The number of hydrogen-bond donors (Lipinski definition) is 2. The van der Waals surface area contributed by atoms with E-state index in [9.17, 15) is 15.4 Å². The highest BCUT2D eigenvalue weighted by Crippen LogP contribution is 2.45. The Bertz CT molecular complexity index is 933. The average molecular weight is 343 g/mol. The number of halogens is 1. The number of nitro groups is 1. The first-order chi connectivity index (χ1) is 11.4. The number of nitrogens with zero attached hydrogens (tertiary/aromatic N) is 2. The summed E-state index contributed by atoms with van der Waals surface area (Å²) in [7, 11) is 0. The molecule has 0 aliphatic carbocycles. The van der Waals surface area contributed by atoms with Crippen LogP contribution in [0.25, 0.3) is 0 Å². The number of allylic oxidation sites excluding steroid dienone is 1. The van der Waals surface area contributed by atoms with Gasteiger partial charge in [0.25, 0.3) is 5.69 Å². The fourth-order valence-corrected chi connectivity index (χ4v) is 2.94. The van der Waals surface area contributed by atoms with Crippen LogP contribution in [0.5, 0.6) is 5.75 Å². The molecule has 0 saturated carbocycles. The molecule has 1 aliphatic rings. The summed E-state index contributed by atoms with van der Waals surface area (Å²) in [5.41, 5.74) is 13.3. The predicted molar refractivity (Wildman–Crippen MR) is 88.3 cm³/mol. The smallest absolute Gasteiger partial charge is 0.270 e. The maximum absolute atomic E-state index is 10.9. The van der Waals surface area contributed by atoms with Gasteiger partial charge >= 0.3 is 0 Å². The van der Waals surface area contributed by atoms with Gasteiger partial charge in [-0.05, 0) is 17.7 Å². The number of non-ortho nitro benzene ring substituents is 1. The molecule has 0 fully saturated rings. The summed E-state index contributed by atoms with van der Waals surface area (Å²) in [5.74, 6) is -0.214. The van der Waals surface area contributed by atoms with E-state index in [1.165, 1.54) is 18.2 Å². The van der Waals surface area contributed by atoms with Crippen molar-refractivity contribution in [3.05, 3.63) is 74.1 Å². The Hall–Kier alpha value is -3.24. The molecule has 0 bridgehead atoms. The highest BCUT2D eigenvalue weighted by atomic mass is 35.5. The fraction of sp³-hybridized carbons (Fsp3) is 0.0625. The van der Waals surface area contributed by atoms with Crippen LogP contribution in [-0.4, -0.2) is 4.92 Å². The number of anilines is 1. The van der Waals surface area contributed by atoms with Crippen LogP contribution in [0.2, 0.25) is 5.02 Å². The van der Waals surface area contributed by atoms with E-state index < -0.39 is 10.8 Å². The number of benzene rings is 2. The van der Waals surface area contributed by atoms with Gasteiger partial charge in [-0.1, -0.05) is 17.7 Å². The maximum Gasteiger partial charge on any atom is 0.270 e. The number of hydrogen-bond acceptors (Lipinski definition) is 6. The second kappa shape index (κ2) is 5.76. The fourth-order valence-electron chi connectivity index (χ4n) is 2.66. The van der Waals surface area contributed by atoms with Crippen molar-refractivity contribution < 1.29 is 9.66 Å². The minimum atomic E-state index is -0.590. The lowest BCUT2D eigenvalue weighted by atomic mass is 9.83. The van der Waals surface area contributed by atoms with Crippen molar-refractivity contribution in [3.8, 4) is 11.8 Å². The van der Waals surface area contributed by atoms with Gasteiger partial charge in [0.1, 0.15) is 17.4 Å². The second-order valence-corrected chi connectivity index (χ2v) is 5.59. The molecule has 1 heterocycles. The van der Waals surface area contributed by atoms with Gasteiger partial charge in [0.15, 0.2) is 0 Å². The number of nitriles is 1. The summed E-state index contributed by atoms with van der Waals surface area (Å²) in [6.45, 7) is 0. The van der Waals surface area contributed by atoms with Gasteiger partial charge in [-0.3, -0.25) is 10.1 Å². The van der Waals surface area contributed by atoms with Crippen LogP contribution in [0.3, 0.4) is 0 Å². The largest absolute Gasteiger partial charge is 0.440 e. The van der Waals surface area contributed by atoms with Crippen molar-refractivity contribution in [2.24, 2.45) is 5.73 Å². The summed E-state index contributed by atoms with van der Waals surface area (Å²) in [5, 5.41) is 20.5. The van der Waals surface area contributed by atoms with E-state index in [0.717, 1.165) is 0 Å².